The van der Waals surface area contributed by atoms with Gasteiger partial charge in [-0.1, -0.05) is 6.07 Å². The Morgan fingerprint density at radius 1 is 1.20 bits per heavy atom. The summed E-state index contributed by atoms with van der Waals surface area (Å²) in [5.74, 6) is 0.873. The first-order valence-electron chi connectivity index (χ1n) is 9.60. The Kier molecular flexibility index (Phi) is 4.90. The van der Waals surface area contributed by atoms with Gasteiger partial charge >= 0.3 is 6.03 Å². The number of nitrogens with zero attached hydrogens (tertiary/aromatic N) is 4. The van der Waals surface area contributed by atoms with Gasteiger partial charge in [-0.15, -0.1) is 0 Å². The molecule has 5 rings (SSSR count). The van der Waals surface area contributed by atoms with E-state index in [-0.39, 0.29) is 6.03 Å². The average Bonchev–Trinajstić information content (AvgIpc) is 2.68. The molecule has 4 aliphatic heterocycles. The summed E-state index contributed by atoms with van der Waals surface area (Å²) >= 11 is 0. The summed E-state index contributed by atoms with van der Waals surface area (Å²) in [6.07, 6.45) is 4.49. The van der Waals surface area contributed by atoms with E-state index in [1.807, 2.05) is 24.0 Å². The molecule has 0 aromatic carbocycles. The van der Waals surface area contributed by atoms with Crippen molar-refractivity contribution in [3.8, 4) is 0 Å². The molecule has 2 bridgehead atoms. The number of urea groups is 1. The summed E-state index contributed by atoms with van der Waals surface area (Å²) in [6.45, 7) is 10.0. The minimum absolute atomic E-state index is 0.0404. The first-order valence-corrected chi connectivity index (χ1v) is 9.60. The zero-order chi connectivity index (χ0) is 17.2. The van der Waals surface area contributed by atoms with Crippen molar-refractivity contribution in [2.75, 3.05) is 45.8 Å². The number of hydrogen-bond acceptors (Lipinski definition) is 4. The standard InChI is InChI=1S/C19H29N5O/c1-15-3-2-6-20-17(15)13-21-19(25)24-11-9-23(10-12-24)18-14-22-7-4-16(18)5-8-22/h2-3,6,16,18H,4-5,7-14H2,1H3,(H,21,25)/t18-/m0/s1. The SMILES string of the molecule is Cc1cccnc1CNC(=O)N1CCN([C@H]2CN3CCC2CC3)CC1. The number of carbonyl (C=O) groups is 1. The first kappa shape index (κ1) is 16.8. The molecule has 1 N–H and O–H groups in total. The molecule has 0 aliphatic carbocycles. The van der Waals surface area contributed by atoms with E-state index in [9.17, 15) is 4.79 Å². The van der Waals surface area contributed by atoms with Gasteiger partial charge in [0.1, 0.15) is 0 Å². The molecular formula is C19H29N5O. The summed E-state index contributed by atoms with van der Waals surface area (Å²) in [7, 11) is 0. The van der Waals surface area contributed by atoms with Crippen LogP contribution in [0.1, 0.15) is 24.1 Å². The quantitative estimate of drug-likeness (QED) is 0.899. The van der Waals surface area contributed by atoms with E-state index in [0.717, 1.165) is 43.4 Å². The molecule has 0 radical (unpaired) electrons. The van der Waals surface area contributed by atoms with E-state index in [1.165, 1.54) is 32.5 Å². The van der Waals surface area contributed by atoms with Crippen LogP contribution in [0.3, 0.4) is 0 Å². The molecule has 4 fully saturated rings. The fourth-order valence-corrected chi connectivity index (χ4v) is 4.58. The molecule has 0 unspecified atom stereocenters. The summed E-state index contributed by atoms with van der Waals surface area (Å²) in [6, 6.07) is 4.71. The Hall–Kier alpha value is -1.66. The van der Waals surface area contributed by atoms with Gasteiger partial charge in [-0.05, 0) is 50.4 Å². The van der Waals surface area contributed by atoms with Crippen LogP contribution >= 0.6 is 0 Å². The van der Waals surface area contributed by atoms with Gasteiger partial charge in [0.25, 0.3) is 0 Å². The van der Waals surface area contributed by atoms with Gasteiger partial charge < -0.3 is 15.1 Å². The van der Waals surface area contributed by atoms with Crippen LogP contribution in [0.2, 0.25) is 0 Å². The molecule has 4 aliphatic rings. The molecular weight excluding hydrogens is 314 g/mol. The Balaban J connectivity index is 1.26. The predicted molar refractivity (Wildman–Crippen MR) is 97.3 cm³/mol. The third-order valence-electron chi connectivity index (χ3n) is 6.22. The maximum absolute atomic E-state index is 12.5. The molecule has 6 nitrogen and oxygen atoms in total. The van der Waals surface area contributed by atoms with Crippen LogP contribution in [0, 0.1) is 12.8 Å². The number of rotatable bonds is 3. The number of fused-ring (bicyclic) bond motifs is 3. The number of nitrogens with one attached hydrogen (secondary N) is 1. The van der Waals surface area contributed by atoms with E-state index in [4.69, 9.17) is 0 Å². The normalized spacial score (nSPS) is 29.6. The van der Waals surface area contributed by atoms with Crippen LogP contribution in [-0.2, 0) is 6.54 Å². The fraction of sp³-hybridized carbons (Fsp3) is 0.684. The molecule has 0 saturated carbocycles. The first-order chi connectivity index (χ1) is 12.2. The van der Waals surface area contributed by atoms with Gasteiger partial charge in [0, 0.05) is 45.0 Å². The Bertz CT molecular complexity index is 606. The Morgan fingerprint density at radius 3 is 2.60 bits per heavy atom. The number of amides is 2. The van der Waals surface area contributed by atoms with Gasteiger partial charge in [-0.2, -0.15) is 0 Å². The lowest BCUT2D eigenvalue weighted by Crippen LogP contribution is -2.62. The van der Waals surface area contributed by atoms with Crippen molar-refractivity contribution in [2.45, 2.75) is 32.4 Å². The van der Waals surface area contributed by atoms with Crippen molar-refractivity contribution in [3.05, 3.63) is 29.6 Å². The molecule has 1 aromatic heterocycles. The van der Waals surface area contributed by atoms with Crippen molar-refractivity contribution >= 4 is 6.03 Å². The van der Waals surface area contributed by atoms with E-state index in [1.54, 1.807) is 6.20 Å². The number of piperazine rings is 1. The minimum Gasteiger partial charge on any atom is -0.332 e. The fourth-order valence-electron chi connectivity index (χ4n) is 4.58. The highest BCUT2D eigenvalue weighted by Gasteiger charge is 2.38. The monoisotopic (exact) mass is 343 g/mol. The highest BCUT2D eigenvalue weighted by Crippen LogP contribution is 2.31. The molecule has 1 aromatic rings. The zero-order valence-corrected chi connectivity index (χ0v) is 15.2. The van der Waals surface area contributed by atoms with E-state index in [0.29, 0.717) is 12.6 Å². The predicted octanol–water partition coefficient (Wildman–Crippen LogP) is 1.31. The van der Waals surface area contributed by atoms with Crippen LogP contribution in [-0.4, -0.2) is 77.6 Å². The minimum atomic E-state index is 0.0404. The smallest absolute Gasteiger partial charge is 0.317 e. The van der Waals surface area contributed by atoms with Gasteiger partial charge in [-0.25, -0.2) is 4.79 Å². The van der Waals surface area contributed by atoms with E-state index >= 15 is 0 Å². The second-order valence-corrected chi connectivity index (χ2v) is 7.65. The number of pyridine rings is 1. The maximum Gasteiger partial charge on any atom is 0.317 e. The van der Waals surface area contributed by atoms with Crippen molar-refractivity contribution in [1.29, 1.82) is 0 Å². The summed E-state index contributed by atoms with van der Waals surface area (Å²) in [5.41, 5.74) is 2.07. The Morgan fingerprint density at radius 2 is 1.96 bits per heavy atom. The van der Waals surface area contributed by atoms with Gasteiger partial charge in [0.15, 0.2) is 0 Å². The average molecular weight is 343 g/mol. The highest BCUT2D eigenvalue weighted by atomic mass is 16.2. The molecule has 1 atom stereocenters. The molecule has 25 heavy (non-hydrogen) atoms. The molecule has 6 heteroatoms. The zero-order valence-electron chi connectivity index (χ0n) is 15.2. The molecule has 5 heterocycles. The van der Waals surface area contributed by atoms with E-state index < -0.39 is 0 Å². The van der Waals surface area contributed by atoms with Crippen LogP contribution < -0.4 is 5.32 Å². The number of aromatic nitrogens is 1. The van der Waals surface area contributed by atoms with Crippen LogP contribution in [0.5, 0.6) is 0 Å². The number of piperidine rings is 3. The number of carbonyl (C=O) groups excluding carboxylic acids is 1. The lowest BCUT2D eigenvalue weighted by atomic mass is 9.83. The van der Waals surface area contributed by atoms with Crippen molar-refractivity contribution < 1.29 is 4.79 Å². The van der Waals surface area contributed by atoms with Crippen molar-refractivity contribution in [1.82, 2.24) is 25.0 Å². The van der Waals surface area contributed by atoms with Crippen LogP contribution in [0.15, 0.2) is 18.3 Å². The van der Waals surface area contributed by atoms with Gasteiger partial charge in [-0.3, -0.25) is 9.88 Å². The second kappa shape index (κ2) is 7.30. The maximum atomic E-state index is 12.5. The molecule has 2 amide bonds. The summed E-state index contributed by atoms with van der Waals surface area (Å²) in [4.78, 5) is 24.0. The number of aryl methyl sites for hydroxylation is 1. The van der Waals surface area contributed by atoms with Gasteiger partial charge in [0.2, 0.25) is 0 Å². The van der Waals surface area contributed by atoms with Crippen molar-refractivity contribution in [3.63, 3.8) is 0 Å². The Labute approximate surface area is 150 Å². The van der Waals surface area contributed by atoms with Crippen LogP contribution in [0.4, 0.5) is 4.79 Å². The summed E-state index contributed by atoms with van der Waals surface area (Å²) in [5, 5.41) is 3.03. The lowest BCUT2D eigenvalue weighted by Gasteiger charge is -2.50. The summed E-state index contributed by atoms with van der Waals surface area (Å²) < 4.78 is 0. The largest absolute Gasteiger partial charge is 0.332 e. The third-order valence-corrected chi connectivity index (χ3v) is 6.22. The van der Waals surface area contributed by atoms with Crippen LogP contribution in [0.25, 0.3) is 0 Å². The molecule has 0 spiro atoms. The topological polar surface area (TPSA) is 51.7 Å². The number of hydrogen-bond donors (Lipinski definition) is 1. The third kappa shape index (κ3) is 3.65. The van der Waals surface area contributed by atoms with E-state index in [2.05, 4.69) is 20.1 Å². The highest BCUT2D eigenvalue weighted by molar-refractivity contribution is 5.74. The van der Waals surface area contributed by atoms with Gasteiger partial charge in [0.05, 0.1) is 12.2 Å². The molecule has 136 valence electrons. The second-order valence-electron chi connectivity index (χ2n) is 7.65. The van der Waals surface area contributed by atoms with Crippen molar-refractivity contribution in [2.24, 2.45) is 5.92 Å². The lowest BCUT2D eigenvalue weighted by molar-refractivity contribution is -0.0103. The molecule has 4 saturated heterocycles.